The maximum Gasteiger partial charge on any atom is 0.311 e. The van der Waals surface area contributed by atoms with E-state index in [-0.39, 0.29) is 31.0 Å². The van der Waals surface area contributed by atoms with Crippen LogP contribution in [0.25, 0.3) is 0 Å². The molecule has 1 saturated heterocycles. The lowest BCUT2D eigenvalue weighted by Gasteiger charge is -2.33. The second-order valence-electron chi connectivity index (χ2n) is 6.47. The van der Waals surface area contributed by atoms with E-state index >= 15 is 0 Å². The molecule has 0 saturated carbocycles. The SMILES string of the molecule is O=C(NCC1(C(=O)O)CCOCC1)C1=NN(c2ccccc2)C(=O)CC1. The Labute approximate surface area is 150 Å². The van der Waals surface area contributed by atoms with Crippen molar-refractivity contribution in [2.24, 2.45) is 10.5 Å². The molecule has 2 aliphatic heterocycles. The van der Waals surface area contributed by atoms with Crippen LogP contribution < -0.4 is 10.3 Å². The molecule has 0 aromatic heterocycles. The molecule has 1 fully saturated rings. The van der Waals surface area contributed by atoms with Gasteiger partial charge in [0.25, 0.3) is 5.91 Å². The van der Waals surface area contributed by atoms with Crippen molar-refractivity contribution in [2.75, 3.05) is 24.8 Å². The third kappa shape index (κ3) is 3.75. The molecule has 26 heavy (non-hydrogen) atoms. The first-order chi connectivity index (χ1) is 12.5. The van der Waals surface area contributed by atoms with Crippen LogP contribution in [0.3, 0.4) is 0 Å². The Bertz CT molecular complexity index is 726. The van der Waals surface area contributed by atoms with Gasteiger partial charge in [0.15, 0.2) is 0 Å². The van der Waals surface area contributed by atoms with Crippen LogP contribution in [-0.4, -0.2) is 48.4 Å². The van der Waals surface area contributed by atoms with Gasteiger partial charge in [-0.15, -0.1) is 0 Å². The van der Waals surface area contributed by atoms with Crippen molar-refractivity contribution in [1.29, 1.82) is 0 Å². The van der Waals surface area contributed by atoms with Gasteiger partial charge in [-0.3, -0.25) is 14.4 Å². The number of carboxylic acids is 1. The van der Waals surface area contributed by atoms with Crippen LogP contribution in [0.1, 0.15) is 25.7 Å². The number of benzene rings is 1. The molecule has 0 unspecified atom stereocenters. The number of rotatable bonds is 5. The first kappa shape index (κ1) is 18.1. The van der Waals surface area contributed by atoms with Gasteiger partial charge in [0, 0.05) is 32.6 Å². The summed E-state index contributed by atoms with van der Waals surface area (Å²) in [7, 11) is 0. The zero-order valence-electron chi connectivity index (χ0n) is 14.3. The second kappa shape index (κ2) is 7.65. The summed E-state index contributed by atoms with van der Waals surface area (Å²) in [6, 6.07) is 8.88. The Hall–Kier alpha value is -2.74. The molecule has 3 rings (SSSR count). The van der Waals surface area contributed by atoms with E-state index in [1.54, 1.807) is 24.3 Å². The highest BCUT2D eigenvalue weighted by Crippen LogP contribution is 2.30. The number of anilines is 1. The van der Waals surface area contributed by atoms with Crippen LogP contribution in [-0.2, 0) is 19.1 Å². The van der Waals surface area contributed by atoms with Gasteiger partial charge in [0.05, 0.1) is 11.1 Å². The predicted octanol–water partition coefficient (Wildman–Crippen LogP) is 1.17. The molecule has 0 radical (unpaired) electrons. The maximum absolute atomic E-state index is 12.5. The van der Waals surface area contributed by atoms with E-state index in [2.05, 4.69) is 10.4 Å². The molecule has 0 bridgehead atoms. The number of carbonyl (C=O) groups is 3. The molecule has 1 aromatic carbocycles. The van der Waals surface area contributed by atoms with Crippen molar-refractivity contribution in [3.63, 3.8) is 0 Å². The molecule has 2 amide bonds. The molecular weight excluding hydrogens is 338 g/mol. The summed E-state index contributed by atoms with van der Waals surface area (Å²) in [5.41, 5.74) is -0.201. The number of aliphatic carboxylic acids is 1. The first-order valence-electron chi connectivity index (χ1n) is 8.57. The first-order valence-corrected chi connectivity index (χ1v) is 8.57. The monoisotopic (exact) mass is 359 g/mol. The molecule has 0 spiro atoms. The molecule has 8 heteroatoms. The Balaban J connectivity index is 1.71. The van der Waals surface area contributed by atoms with Gasteiger partial charge in [-0.2, -0.15) is 5.10 Å². The minimum absolute atomic E-state index is 0.0167. The van der Waals surface area contributed by atoms with Gasteiger partial charge < -0.3 is 15.2 Å². The normalized spacial score (nSPS) is 19.6. The quantitative estimate of drug-likeness (QED) is 0.820. The smallest absolute Gasteiger partial charge is 0.311 e. The zero-order chi connectivity index (χ0) is 18.6. The van der Waals surface area contributed by atoms with Crippen molar-refractivity contribution in [1.82, 2.24) is 5.32 Å². The van der Waals surface area contributed by atoms with Gasteiger partial charge in [-0.1, -0.05) is 18.2 Å². The van der Waals surface area contributed by atoms with E-state index in [9.17, 15) is 19.5 Å². The fourth-order valence-corrected chi connectivity index (χ4v) is 3.07. The Morgan fingerprint density at radius 1 is 1.19 bits per heavy atom. The molecule has 0 aliphatic carbocycles. The van der Waals surface area contributed by atoms with Gasteiger partial charge in [-0.05, 0) is 25.0 Å². The summed E-state index contributed by atoms with van der Waals surface area (Å²) in [6.45, 7) is 0.738. The van der Waals surface area contributed by atoms with E-state index < -0.39 is 17.3 Å². The van der Waals surface area contributed by atoms with E-state index in [4.69, 9.17) is 4.74 Å². The molecule has 0 atom stereocenters. The fraction of sp³-hybridized carbons (Fsp3) is 0.444. The number of amides is 2. The summed E-state index contributed by atoms with van der Waals surface area (Å²) in [4.78, 5) is 36.2. The second-order valence-corrected chi connectivity index (χ2v) is 6.47. The highest BCUT2D eigenvalue weighted by molar-refractivity contribution is 6.40. The number of carboxylic acid groups (broad SMARTS) is 1. The van der Waals surface area contributed by atoms with Crippen LogP contribution in [0.2, 0.25) is 0 Å². The summed E-state index contributed by atoms with van der Waals surface area (Å²) in [6.07, 6.45) is 1.11. The Morgan fingerprint density at radius 3 is 2.54 bits per heavy atom. The highest BCUT2D eigenvalue weighted by Gasteiger charge is 2.40. The summed E-state index contributed by atoms with van der Waals surface area (Å²) in [5, 5.41) is 17.6. The van der Waals surface area contributed by atoms with Crippen LogP contribution in [0.5, 0.6) is 0 Å². The molecule has 2 aliphatic rings. The molecule has 2 N–H and O–H groups in total. The van der Waals surface area contributed by atoms with Crippen molar-refractivity contribution in [2.45, 2.75) is 25.7 Å². The molecule has 8 nitrogen and oxygen atoms in total. The van der Waals surface area contributed by atoms with E-state index in [0.717, 1.165) is 0 Å². The number of nitrogens with zero attached hydrogens (tertiary/aromatic N) is 2. The average Bonchev–Trinajstić information content (AvgIpc) is 2.68. The number of nitrogens with one attached hydrogen (secondary N) is 1. The van der Waals surface area contributed by atoms with Crippen LogP contribution in [0, 0.1) is 5.41 Å². The minimum Gasteiger partial charge on any atom is -0.481 e. The topological polar surface area (TPSA) is 108 Å². The number of hydrazone groups is 1. The summed E-state index contributed by atoms with van der Waals surface area (Å²) in [5.74, 6) is -1.56. The van der Waals surface area contributed by atoms with Crippen molar-refractivity contribution >= 4 is 29.2 Å². The zero-order valence-corrected chi connectivity index (χ0v) is 14.3. The van der Waals surface area contributed by atoms with Gasteiger partial charge in [0.2, 0.25) is 5.91 Å². The molecule has 1 aromatic rings. The molecular formula is C18H21N3O5. The maximum atomic E-state index is 12.5. The number of para-hydroxylation sites is 1. The van der Waals surface area contributed by atoms with E-state index in [0.29, 0.717) is 31.7 Å². The van der Waals surface area contributed by atoms with Crippen molar-refractivity contribution < 1.29 is 24.2 Å². The number of carbonyl (C=O) groups excluding carboxylic acids is 2. The lowest BCUT2D eigenvalue weighted by atomic mass is 9.80. The van der Waals surface area contributed by atoms with Crippen LogP contribution in [0.15, 0.2) is 35.4 Å². The largest absolute Gasteiger partial charge is 0.481 e. The van der Waals surface area contributed by atoms with Crippen molar-refractivity contribution in [3.8, 4) is 0 Å². The Morgan fingerprint density at radius 2 is 1.88 bits per heavy atom. The predicted molar refractivity (Wildman–Crippen MR) is 93.7 cm³/mol. The van der Waals surface area contributed by atoms with E-state index in [1.165, 1.54) is 5.01 Å². The summed E-state index contributed by atoms with van der Waals surface area (Å²) < 4.78 is 5.23. The number of ether oxygens (including phenoxy) is 1. The van der Waals surface area contributed by atoms with Gasteiger partial charge in [-0.25, -0.2) is 5.01 Å². The van der Waals surface area contributed by atoms with Crippen LogP contribution >= 0.6 is 0 Å². The molecule has 2 heterocycles. The third-order valence-electron chi connectivity index (χ3n) is 4.79. The number of hydrogen-bond acceptors (Lipinski definition) is 5. The lowest BCUT2D eigenvalue weighted by molar-refractivity contribution is -0.154. The fourth-order valence-electron chi connectivity index (χ4n) is 3.07. The third-order valence-corrected chi connectivity index (χ3v) is 4.79. The minimum atomic E-state index is -1.02. The standard InChI is InChI=1S/C18H21N3O5/c22-15-7-6-14(20-21(15)13-4-2-1-3-5-13)16(23)19-12-18(17(24)25)8-10-26-11-9-18/h1-5H,6-12H2,(H,19,23)(H,24,25). The van der Waals surface area contributed by atoms with Gasteiger partial charge in [0.1, 0.15) is 5.71 Å². The Kier molecular flexibility index (Phi) is 5.32. The number of hydrogen-bond donors (Lipinski definition) is 2. The van der Waals surface area contributed by atoms with Crippen molar-refractivity contribution in [3.05, 3.63) is 30.3 Å². The summed E-state index contributed by atoms with van der Waals surface area (Å²) >= 11 is 0. The average molecular weight is 359 g/mol. The highest BCUT2D eigenvalue weighted by atomic mass is 16.5. The van der Waals surface area contributed by atoms with Gasteiger partial charge >= 0.3 is 5.97 Å². The lowest BCUT2D eigenvalue weighted by Crippen LogP contribution is -2.48. The van der Waals surface area contributed by atoms with Crippen LogP contribution in [0.4, 0.5) is 5.69 Å². The molecule has 138 valence electrons. The van der Waals surface area contributed by atoms with E-state index in [1.807, 2.05) is 6.07 Å².